The van der Waals surface area contributed by atoms with Crippen molar-refractivity contribution in [2.45, 2.75) is 0 Å². The van der Waals surface area contributed by atoms with E-state index < -0.39 is 0 Å². The molecule has 0 amide bonds. The monoisotopic (exact) mass is 451 g/mol. The number of rotatable bonds is 2. The highest BCUT2D eigenvalue weighted by Crippen LogP contribution is 2.41. The molecule has 0 radical (unpaired) electrons. The van der Waals surface area contributed by atoms with Crippen molar-refractivity contribution >= 4 is 49.3 Å². The Morgan fingerprint density at radius 3 is 1.89 bits per heavy atom. The van der Waals surface area contributed by atoms with Gasteiger partial charge >= 0.3 is 0 Å². The highest BCUT2D eigenvalue weighted by atomic mass is 19.1. The second-order valence-corrected chi connectivity index (χ2v) is 8.64. The maximum absolute atomic E-state index is 14.6. The van der Waals surface area contributed by atoms with Gasteiger partial charge < -0.3 is 9.13 Å². The lowest BCUT2D eigenvalue weighted by molar-refractivity contribution is 0.629. The van der Waals surface area contributed by atoms with Crippen molar-refractivity contribution in [1.29, 1.82) is 0 Å². The van der Waals surface area contributed by atoms with E-state index in [-0.39, 0.29) is 5.82 Å². The number of nitrogens with zero attached hydrogens (tertiary/aromatic N) is 3. The third kappa shape index (κ3) is 2.70. The third-order valence-electron chi connectivity index (χ3n) is 6.79. The molecule has 0 aliphatic rings. The van der Waals surface area contributed by atoms with E-state index >= 15 is 0 Å². The summed E-state index contributed by atoms with van der Waals surface area (Å²) >= 11 is 0. The lowest BCUT2D eigenvalue weighted by atomic mass is 10.1. The van der Waals surface area contributed by atoms with Gasteiger partial charge in [0.1, 0.15) is 5.82 Å². The van der Waals surface area contributed by atoms with Gasteiger partial charge in [0.15, 0.2) is 0 Å². The topological polar surface area (TPSA) is 14.2 Å². The first-order valence-electron chi connectivity index (χ1n) is 11.4. The molecule has 35 heavy (non-hydrogen) atoms. The Hall–Kier alpha value is -4.88. The molecule has 0 saturated carbocycles. The summed E-state index contributed by atoms with van der Waals surface area (Å²) in [5.41, 5.74) is 6.12. The summed E-state index contributed by atoms with van der Waals surface area (Å²) < 4.78 is 18.9. The van der Waals surface area contributed by atoms with Gasteiger partial charge in [-0.3, -0.25) is 0 Å². The van der Waals surface area contributed by atoms with Gasteiger partial charge in [-0.05, 0) is 42.5 Å². The van der Waals surface area contributed by atoms with E-state index in [4.69, 9.17) is 6.57 Å². The fourth-order valence-electron chi connectivity index (χ4n) is 5.38. The predicted molar refractivity (Wildman–Crippen MR) is 141 cm³/mol. The van der Waals surface area contributed by atoms with Crippen LogP contribution in [0.3, 0.4) is 0 Å². The van der Waals surface area contributed by atoms with Crippen molar-refractivity contribution in [2.24, 2.45) is 0 Å². The molecule has 164 valence electrons. The van der Waals surface area contributed by atoms with Crippen LogP contribution in [0, 0.1) is 12.4 Å². The number of para-hydroxylation sites is 5. The number of hydrogen-bond acceptors (Lipinski definition) is 0. The molecule has 0 N–H and O–H groups in total. The van der Waals surface area contributed by atoms with Gasteiger partial charge in [-0.1, -0.05) is 66.7 Å². The van der Waals surface area contributed by atoms with Crippen molar-refractivity contribution in [3.63, 3.8) is 0 Å². The first kappa shape index (κ1) is 19.6. The van der Waals surface area contributed by atoms with E-state index in [1.54, 1.807) is 6.07 Å². The van der Waals surface area contributed by atoms with Gasteiger partial charge in [0.2, 0.25) is 5.69 Å². The Morgan fingerprint density at radius 2 is 1.14 bits per heavy atom. The quantitative estimate of drug-likeness (QED) is 0.234. The van der Waals surface area contributed by atoms with E-state index in [1.165, 1.54) is 16.8 Å². The van der Waals surface area contributed by atoms with Crippen molar-refractivity contribution in [3.05, 3.63) is 126 Å². The van der Waals surface area contributed by atoms with Crippen LogP contribution in [0.2, 0.25) is 0 Å². The Kier molecular flexibility index (Phi) is 4.09. The highest BCUT2D eigenvalue weighted by Gasteiger charge is 2.21. The summed E-state index contributed by atoms with van der Waals surface area (Å²) in [5, 5.41) is 4.31. The number of aromatic nitrogens is 2. The van der Waals surface area contributed by atoms with Crippen LogP contribution in [0.4, 0.5) is 10.1 Å². The van der Waals surface area contributed by atoms with Crippen LogP contribution in [0.5, 0.6) is 0 Å². The zero-order valence-corrected chi connectivity index (χ0v) is 18.6. The second kappa shape index (κ2) is 7.31. The molecule has 0 aliphatic heterocycles. The van der Waals surface area contributed by atoms with Crippen LogP contribution in [0.15, 0.2) is 109 Å². The van der Waals surface area contributed by atoms with E-state index in [9.17, 15) is 4.39 Å². The highest BCUT2D eigenvalue weighted by molar-refractivity contribution is 6.15. The number of hydrogen-bond donors (Lipinski definition) is 0. The fraction of sp³-hybridized carbons (Fsp3) is 0. The minimum Gasteiger partial charge on any atom is -0.317 e. The summed E-state index contributed by atoms with van der Waals surface area (Å²) in [7, 11) is 0. The summed E-state index contributed by atoms with van der Waals surface area (Å²) in [6, 6.07) is 35.4. The van der Waals surface area contributed by atoms with Gasteiger partial charge in [-0.15, -0.1) is 0 Å². The molecular formula is C31H18FN3. The standard InChI is InChI=1S/C31H18FN3/c1-33-25-12-4-7-15-28(25)35-30-19-20(32)17-18-23(30)24-11-8-16-29(31(24)35)34-26-13-5-2-9-21(26)22-10-3-6-14-27(22)34/h2-19H. The lowest BCUT2D eigenvalue weighted by Gasteiger charge is -2.15. The molecule has 2 aromatic heterocycles. The molecule has 3 nitrogen and oxygen atoms in total. The molecule has 0 atom stereocenters. The zero-order chi connectivity index (χ0) is 23.5. The van der Waals surface area contributed by atoms with Crippen LogP contribution < -0.4 is 0 Å². The zero-order valence-electron chi connectivity index (χ0n) is 18.6. The van der Waals surface area contributed by atoms with Crippen LogP contribution in [0.25, 0.3) is 59.8 Å². The molecule has 5 aromatic carbocycles. The smallest absolute Gasteiger partial charge is 0.210 e. The molecule has 0 bridgehead atoms. The number of fused-ring (bicyclic) bond motifs is 6. The Labute approximate surface area is 200 Å². The lowest BCUT2D eigenvalue weighted by Crippen LogP contribution is -2.00. The molecule has 7 rings (SSSR count). The van der Waals surface area contributed by atoms with Gasteiger partial charge in [-0.2, -0.15) is 0 Å². The van der Waals surface area contributed by atoms with Crippen molar-refractivity contribution in [3.8, 4) is 11.4 Å². The van der Waals surface area contributed by atoms with Crippen LogP contribution in [0.1, 0.15) is 0 Å². The van der Waals surface area contributed by atoms with Crippen LogP contribution >= 0.6 is 0 Å². The fourth-order valence-corrected chi connectivity index (χ4v) is 5.38. The predicted octanol–water partition coefficient (Wildman–Crippen LogP) is 8.57. The average molecular weight is 452 g/mol. The summed E-state index contributed by atoms with van der Waals surface area (Å²) in [4.78, 5) is 3.78. The Balaban J connectivity index is 1.74. The molecule has 4 heteroatoms. The summed E-state index contributed by atoms with van der Waals surface area (Å²) in [6.07, 6.45) is 0. The molecular weight excluding hydrogens is 433 g/mol. The van der Waals surface area contributed by atoms with E-state index in [0.29, 0.717) is 5.69 Å². The van der Waals surface area contributed by atoms with Gasteiger partial charge in [0.25, 0.3) is 0 Å². The van der Waals surface area contributed by atoms with Crippen molar-refractivity contribution in [2.75, 3.05) is 0 Å². The second-order valence-electron chi connectivity index (χ2n) is 8.64. The van der Waals surface area contributed by atoms with Gasteiger partial charge in [-0.25, -0.2) is 9.24 Å². The molecule has 0 fully saturated rings. The Bertz CT molecular complexity index is 1930. The Morgan fingerprint density at radius 1 is 0.543 bits per heavy atom. The minimum absolute atomic E-state index is 0.305. The SMILES string of the molecule is [C-]#[N+]c1ccccc1-n1c2cc(F)ccc2c2cccc(-n3c4ccccc4c4ccccc43)c21. The van der Waals surface area contributed by atoms with E-state index in [1.807, 2.05) is 34.9 Å². The molecule has 7 aromatic rings. The first-order valence-corrected chi connectivity index (χ1v) is 11.4. The number of benzene rings is 5. The molecule has 0 aliphatic carbocycles. The van der Waals surface area contributed by atoms with Gasteiger partial charge in [0, 0.05) is 21.5 Å². The maximum atomic E-state index is 14.6. The molecule has 2 heterocycles. The van der Waals surface area contributed by atoms with E-state index in [2.05, 4.69) is 76.1 Å². The largest absolute Gasteiger partial charge is 0.317 e. The van der Waals surface area contributed by atoms with Crippen LogP contribution in [-0.2, 0) is 0 Å². The summed E-state index contributed by atoms with van der Waals surface area (Å²) in [6.45, 7) is 7.79. The normalized spacial score (nSPS) is 11.5. The van der Waals surface area contributed by atoms with Gasteiger partial charge in [0.05, 0.1) is 40.0 Å². The average Bonchev–Trinajstić information content (AvgIpc) is 3.41. The first-order chi connectivity index (χ1) is 17.3. The minimum atomic E-state index is -0.305. The molecule has 0 unspecified atom stereocenters. The maximum Gasteiger partial charge on any atom is 0.210 e. The molecule has 0 spiro atoms. The van der Waals surface area contributed by atoms with Crippen molar-refractivity contribution in [1.82, 2.24) is 9.13 Å². The van der Waals surface area contributed by atoms with E-state index in [0.717, 1.165) is 44.2 Å². The van der Waals surface area contributed by atoms with Crippen LogP contribution in [-0.4, -0.2) is 9.13 Å². The van der Waals surface area contributed by atoms with Crippen molar-refractivity contribution < 1.29 is 4.39 Å². The third-order valence-corrected chi connectivity index (χ3v) is 6.79. The number of halogens is 1. The summed E-state index contributed by atoms with van der Waals surface area (Å²) in [5.74, 6) is -0.305. The molecule has 0 saturated heterocycles.